The van der Waals surface area contributed by atoms with Gasteiger partial charge in [0.15, 0.2) is 0 Å². The number of carboxylic acid groups (broad SMARTS) is 1. The third-order valence-electron chi connectivity index (χ3n) is 3.25. The topological polar surface area (TPSA) is 79.7 Å². The number of pyridine rings is 1. The van der Waals surface area contributed by atoms with Crippen molar-refractivity contribution in [2.24, 2.45) is 0 Å². The van der Waals surface area contributed by atoms with Crippen LogP contribution in [-0.2, 0) is 9.53 Å². The fraction of sp³-hybridized carbons (Fsp3) is 0.462. The zero-order chi connectivity index (χ0) is 13.8. The van der Waals surface area contributed by atoms with E-state index in [2.05, 4.69) is 9.72 Å². The van der Waals surface area contributed by atoms with Crippen LogP contribution in [0.4, 0.5) is 5.82 Å². The zero-order valence-corrected chi connectivity index (χ0v) is 10.7. The van der Waals surface area contributed by atoms with E-state index in [-0.39, 0.29) is 0 Å². The van der Waals surface area contributed by atoms with Crippen molar-refractivity contribution in [1.29, 1.82) is 0 Å². The van der Waals surface area contributed by atoms with Crippen LogP contribution in [0.5, 0.6) is 0 Å². The number of ether oxygens (including phenoxy) is 1. The van der Waals surface area contributed by atoms with Crippen LogP contribution in [0.2, 0.25) is 0 Å². The highest BCUT2D eigenvalue weighted by molar-refractivity contribution is 5.90. The van der Waals surface area contributed by atoms with Gasteiger partial charge in [0.2, 0.25) is 0 Å². The summed E-state index contributed by atoms with van der Waals surface area (Å²) in [4.78, 5) is 28.6. The minimum absolute atomic E-state index is 0.377. The fourth-order valence-electron chi connectivity index (χ4n) is 2.28. The molecule has 2 rings (SSSR count). The predicted octanol–water partition coefficient (Wildman–Crippen LogP) is 1.31. The van der Waals surface area contributed by atoms with Gasteiger partial charge in [-0.2, -0.15) is 0 Å². The summed E-state index contributed by atoms with van der Waals surface area (Å²) in [6, 6.07) is 2.55. The molecule has 1 fully saturated rings. The third kappa shape index (κ3) is 2.83. The molecule has 1 saturated heterocycles. The first-order valence-electron chi connectivity index (χ1n) is 6.17. The molecule has 0 radical (unpaired) electrons. The van der Waals surface area contributed by atoms with Crippen LogP contribution in [0.3, 0.4) is 0 Å². The van der Waals surface area contributed by atoms with Gasteiger partial charge in [-0.1, -0.05) is 0 Å². The van der Waals surface area contributed by atoms with Crippen LogP contribution in [0.1, 0.15) is 29.6 Å². The number of carbonyl (C=O) groups excluding carboxylic acids is 1. The SMILES string of the molecule is COC(=O)c1ccnc(N2CCCCC2C(=O)O)c1. The van der Waals surface area contributed by atoms with Gasteiger partial charge in [-0.15, -0.1) is 0 Å². The minimum atomic E-state index is -0.857. The Morgan fingerprint density at radius 2 is 2.26 bits per heavy atom. The number of hydrogen-bond donors (Lipinski definition) is 1. The number of aliphatic carboxylic acids is 1. The molecule has 1 N–H and O–H groups in total. The molecule has 0 aliphatic carbocycles. The maximum Gasteiger partial charge on any atom is 0.338 e. The molecule has 2 heterocycles. The normalized spacial score (nSPS) is 19.0. The molecule has 19 heavy (non-hydrogen) atoms. The second-order valence-corrected chi connectivity index (χ2v) is 4.44. The molecule has 1 aliphatic heterocycles. The Bertz CT molecular complexity index is 489. The largest absolute Gasteiger partial charge is 0.480 e. The van der Waals surface area contributed by atoms with Crippen LogP contribution >= 0.6 is 0 Å². The highest BCUT2D eigenvalue weighted by Gasteiger charge is 2.29. The summed E-state index contributed by atoms with van der Waals surface area (Å²) in [5.41, 5.74) is 0.377. The molecule has 0 bridgehead atoms. The standard InChI is InChI=1S/C13H16N2O4/c1-19-13(18)9-5-6-14-11(8-9)15-7-3-2-4-10(15)12(16)17/h5-6,8,10H,2-4,7H2,1H3,(H,16,17). The number of anilines is 1. The van der Waals surface area contributed by atoms with Gasteiger partial charge >= 0.3 is 11.9 Å². The smallest absolute Gasteiger partial charge is 0.338 e. The number of methoxy groups -OCH3 is 1. The maximum atomic E-state index is 11.5. The molecule has 6 nitrogen and oxygen atoms in total. The van der Waals surface area contributed by atoms with Crippen molar-refractivity contribution in [3.8, 4) is 0 Å². The van der Waals surface area contributed by atoms with Gasteiger partial charge in [0.05, 0.1) is 12.7 Å². The first-order chi connectivity index (χ1) is 9.13. The highest BCUT2D eigenvalue weighted by atomic mass is 16.5. The lowest BCUT2D eigenvalue weighted by Crippen LogP contribution is -2.45. The Morgan fingerprint density at radius 1 is 1.47 bits per heavy atom. The van der Waals surface area contributed by atoms with E-state index in [4.69, 9.17) is 0 Å². The molecule has 1 aromatic rings. The number of carbonyl (C=O) groups is 2. The first kappa shape index (κ1) is 13.3. The summed E-state index contributed by atoms with van der Waals surface area (Å²) >= 11 is 0. The van der Waals surface area contributed by atoms with Crippen molar-refractivity contribution < 1.29 is 19.4 Å². The van der Waals surface area contributed by atoms with E-state index in [9.17, 15) is 14.7 Å². The average molecular weight is 264 g/mol. The van der Waals surface area contributed by atoms with Crippen LogP contribution in [0.15, 0.2) is 18.3 Å². The second-order valence-electron chi connectivity index (χ2n) is 4.44. The molecule has 1 aromatic heterocycles. The fourth-order valence-corrected chi connectivity index (χ4v) is 2.28. The predicted molar refractivity (Wildman–Crippen MR) is 68.2 cm³/mol. The number of piperidine rings is 1. The third-order valence-corrected chi connectivity index (χ3v) is 3.25. The highest BCUT2D eigenvalue weighted by Crippen LogP contribution is 2.24. The van der Waals surface area contributed by atoms with Crippen molar-refractivity contribution in [1.82, 2.24) is 4.98 Å². The van der Waals surface area contributed by atoms with Gasteiger partial charge in [-0.3, -0.25) is 0 Å². The van der Waals surface area contributed by atoms with Crippen LogP contribution in [0, 0.1) is 0 Å². The van der Waals surface area contributed by atoms with Crippen molar-refractivity contribution >= 4 is 17.8 Å². The number of esters is 1. The summed E-state index contributed by atoms with van der Waals surface area (Å²) in [5, 5.41) is 9.23. The number of rotatable bonds is 3. The quantitative estimate of drug-likeness (QED) is 0.829. The first-order valence-corrected chi connectivity index (χ1v) is 6.17. The van der Waals surface area contributed by atoms with E-state index >= 15 is 0 Å². The van der Waals surface area contributed by atoms with Gasteiger partial charge in [0, 0.05) is 12.7 Å². The van der Waals surface area contributed by atoms with E-state index in [1.165, 1.54) is 13.3 Å². The molecule has 0 spiro atoms. The minimum Gasteiger partial charge on any atom is -0.480 e. The van der Waals surface area contributed by atoms with Crippen molar-refractivity contribution in [3.63, 3.8) is 0 Å². The van der Waals surface area contributed by atoms with Gasteiger partial charge < -0.3 is 14.7 Å². The van der Waals surface area contributed by atoms with E-state index in [0.717, 1.165) is 12.8 Å². The van der Waals surface area contributed by atoms with E-state index in [0.29, 0.717) is 24.3 Å². The Kier molecular flexibility index (Phi) is 3.99. The summed E-state index contributed by atoms with van der Waals surface area (Å²) in [5.74, 6) is -0.799. The lowest BCUT2D eigenvalue weighted by Gasteiger charge is -2.33. The number of nitrogens with zero attached hydrogens (tertiary/aromatic N) is 2. The van der Waals surface area contributed by atoms with Crippen LogP contribution in [-0.4, -0.2) is 41.7 Å². The molecule has 0 saturated carbocycles. The summed E-state index contributed by atoms with van der Waals surface area (Å²) in [7, 11) is 1.31. The number of hydrogen-bond acceptors (Lipinski definition) is 5. The summed E-state index contributed by atoms with van der Waals surface area (Å²) in [6.07, 6.45) is 3.91. The molecule has 1 unspecified atom stereocenters. The lowest BCUT2D eigenvalue weighted by molar-refractivity contribution is -0.139. The van der Waals surface area contributed by atoms with Crippen LogP contribution in [0.25, 0.3) is 0 Å². The van der Waals surface area contributed by atoms with Gasteiger partial charge in [-0.25, -0.2) is 14.6 Å². The molecule has 1 atom stereocenters. The van der Waals surface area contributed by atoms with Gasteiger partial charge in [0.25, 0.3) is 0 Å². The monoisotopic (exact) mass is 264 g/mol. The Balaban J connectivity index is 2.29. The number of carboxylic acids is 1. The molecular formula is C13H16N2O4. The van der Waals surface area contributed by atoms with Gasteiger partial charge in [0.1, 0.15) is 11.9 Å². The second kappa shape index (κ2) is 5.69. The van der Waals surface area contributed by atoms with E-state index in [1.807, 2.05) is 0 Å². The van der Waals surface area contributed by atoms with E-state index < -0.39 is 18.0 Å². The van der Waals surface area contributed by atoms with Crippen molar-refractivity contribution in [2.75, 3.05) is 18.6 Å². The molecule has 102 valence electrons. The molecule has 0 amide bonds. The molecule has 1 aliphatic rings. The molecule has 0 aromatic carbocycles. The van der Waals surface area contributed by atoms with Crippen molar-refractivity contribution in [2.45, 2.75) is 25.3 Å². The maximum absolute atomic E-state index is 11.5. The van der Waals surface area contributed by atoms with Gasteiger partial charge in [-0.05, 0) is 31.4 Å². The summed E-state index contributed by atoms with van der Waals surface area (Å²) < 4.78 is 4.65. The Morgan fingerprint density at radius 3 is 2.95 bits per heavy atom. The lowest BCUT2D eigenvalue weighted by atomic mass is 10.0. The van der Waals surface area contributed by atoms with E-state index in [1.54, 1.807) is 17.0 Å². The summed E-state index contributed by atoms with van der Waals surface area (Å²) in [6.45, 7) is 0.634. The van der Waals surface area contributed by atoms with Crippen LogP contribution < -0.4 is 4.90 Å². The average Bonchev–Trinajstić information content (AvgIpc) is 2.46. The van der Waals surface area contributed by atoms with Crippen molar-refractivity contribution in [3.05, 3.63) is 23.9 Å². The Hall–Kier alpha value is -2.11. The Labute approximate surface area is 111 Å². The molecular weight excluding hydrogens is 248 g/mol. The molecule has 6 heteroatoms. The number of aromatic nitrogens is 1. The zero-order valence-electron chi connectivity index (χ0n) is 10.7.